The molecule has 0 aliphatic carbocycles. The number of halogens is 1. The molecule has 3 N–H and O–H groups in total. The van der Waals surface area contributed by atoms with Gasteiger partial charge in [0.2, 0.25) is 0 Å². The molecule has 0 fully saturated rings. The number of carboxylic acid groups (broad SMARTS) is 1. The Morgan fingerprint density at radius 2 is 2.20 bits per heavy atom. The van der Waals surface area contributed by atoms with E-state index in [0.29, 0.717) is 21.9 Å². The lowest BCUT2D eigenvalue weighted by Gasteiger charge is -1.98. The van der Waals surface area contributed by atoms with Crippen LogP contribution >= 0.6 is 11.6 Å². The van der Waals surface area contributed by atoms with Crippen LogP contribution in [0.15, 0.2) is 16.5 Å². The third kappa shape index (κ3) is 1.34. The number of hydrogen-bond acceptors (Lipinski definition) is 3. The van der Waals surface area contributed by atoms with Gasteiger partial charge in [-0.15, -0.1) is 0 Å². The Morgan fingerprint density at radius 3 is 2.80 bits per heavy atom. The number of nitrogens with two attached hydrogens (primary N) is 1. The Hall–Kier alpha value is -1.68. The van der Waals surface area contributed by atoms with Crippen LogP contribution in [-0.4, -0.2) is 11.1 Å². The number of aryl methyl sites for hydroxylation is 1. The molecule has 15 heavy (non-hydrogen) atoms. The van der Waals surface area contributed by atoms with Crippen molar-refractivity contribution in [2.75, 3.05) is 5.73 Å². The molecule has 0 radical (unpaired) electrons. The van der Waals surface area contributed by atoms with Gasteiger partial charge in [0.05, 0.1) is 10.4 Å². The average molecular weight is 226 g/mol. The normalized spacial score (nSPS) is 10.8. The third-order valence-electron chi connectivity index (χ3n) is 2.20. The van der Waals surface area contributed by atoms with Crippen LogP contribution in [0.2, 0.25) is 5.02 Å². The molecular formula is C10H8ClNO3. The maximum Gasteiger partial charge on any atom is 0.339 e. The topological polar surface area (TPSA) is 76.5 Å². The zero-order valence-electron chi connectivity index (χ0n) is 7.87. The number of benzene rings is 1. The highest BCUT2D eigenvalue weighted by Crippen LogP contribution is 2.35. The molecule has 2 rings (SSSR count). The minimum absolute atomic E-state index is 0.0641. The fourth-order valence-corrected chi connectivity index (χ4v) is 1.71. The number of furan rings is 1. The predicted octanol–water partition coefficient (Wildman–Crippen LogP) is 2.68. The molecule has 4 nitrogen and oxygen atoms in total. The van der Waals surface area contributed by atoms with Crippen LogP contribution < -0.4 is 5.73 Å². The van der Waals surface area contributed by atoms with Gasteiger partial charge in [0.25, 0.3) is 0 Å². The van der Waals surface area contributed by atoms with Crippen molar-refractivity contribution in [1.29, 1.82) is 0 Å². The highest BCUT2D eigenvalue weighted by molar-refractivity contribution is 6.37. The van der Waals surface area contributed by atoms with Crippen LogP contribution in [0.4, 0.5) is 5.69 Å². The van der Waals surface area contributed by atoms with Gasteiger partial charge >= 0.3 is 5.97 Å². The summed E-state index contributed by atoms with van der Waals surface area (Å²) < 4.78 is 5.28. The molecule has 0 spiro atoms. The van der Waals surface area contributed by atoms with Crippen LogP contribution in [0.25, 0.3) is 11.0 Å². The summed E-state index contributed by atoms with van der Waals surface area (Å²) in [6, 6.07) is 2.91. The Bertz CT molecular complexity index is 559. The van der Waals surface area contributed by atoms with Crippen molar-refractivity contribution in [3.05, 3.63) is 28.5 Å². The van der Waals surface area contributed by atoms with E-state index < -0.39 is 5.97 Å². The first kappa shape index (κ1) is 9.86. The monoisotopic (exact) mass is 225 g/mol. The highest BCUT2D eigenvalue weighted by atomic mass is 35.5. The lowest BCUT2D eigenvalue weighted by Crippen LogP contribution is -1.97. The van der Waals surface area contributed by atoms with Gasteiger partial charge in [-0.1, -0.05) is 11.6 Å². The molecule has 0 saturated heterocycles. The first-order valence-corrected chi connectivity index (χ1v) is 4.60. The summed E-state index contributed by atoms with van der Waals surface area (Å²) in [7, 11) is 0. The molecule has 1 heterocycles. The lowest BCUT2D eigenvalue weighted by atomic mass is 10.1. The minimum atomic E-state index is -1.06. The summed E-state index contributed by atoms with van der Waals surface area (Å²) in [5, 5.41) is 9.76. The van der Waals surface area contributed by atoms with Crippen LogP contribution in [0, 0.1) is 6.92 Å². The quantitative estimate of drug-likeness (QED) is 0.732. The molecule has 0 bridgehead atoms. The zero-order chi connectivity index (χ0) is 11.2. The first-order valence-electron chi connectivity index (χ1n) is 4.22. The van der Waals surface area contributed by atoms with E-state index in [1.807, 2.05) is 0 Å². The molecule has 0 amide bonds. The number of rotatable bonds is 1. The van der Waals surface area contributed by atoms with E-state index in [4.69, 9.17) is 26.9 Å². The summed E-state index contributed by atoms with van der Waals surface area (Å²) in [5.74, 6) is -0.600. The minimum Gasteiger partial charge on any atom is -0.478 e. The van der Waals surface area contributed by atoms with Gasteiger partial charge in [-0.2, -0.15) is 0 Å². The molecule has 1 aromatic carbocycles. The van der Waals surface area contributed by atoms with Crippen molar-refractivity contribution in [1.82, 2.24) is 0 Å². The molecule has 0 atom stereocenters. The molecule has 0 aliphatic heterocycles. The number of carbonyl (C=O) groups is 1. The van der Waals surface area contributed by atoms with E-state index in [9.17, 15) is 4.79 Å². The molecule has 0 unspecified atom stereocenters. The maximum atomic E-state index is 10.9. The standard InChI is InChI=1S/C10H8ClNO3/c1-4-8(11)7-6(12)3-2-5(10(13)14)9(7)15-4/h2-3H,12H2,1H3,(H,13,14). The molecule has 5 heteroatoms. The van der Waals surface area contributed by atoms with Crippen molar-refractivity contribution in [2.24, 2.45) is 0 Å². The van der Waals surface area contributed by atoms with Crippen molar-refractivity contribution < 1.29 is 14.3 Å². The number of aromatic carboxylic acids is 1. The van der Waals surface area contributed by atoms with E-state index in [1.54, 1.807) is 6.92 Å². The van der Waals surface area contributed by atoms with E-state index in [-0.39, 0.29) is 11.1 Å². The number of fused-ring (bicyclic) bond motifs is 1. The van der Waals surface area contributed by atoms with Crippen LogP contribution in [0.3, 0.4) is 0 Å². The zero-order valence-corrected chi connectivity index (χ0v) is 8.63. The van der Waals surface area contributed by atoms with E-state index >= 15 is 0 Å². The second kappa shape index (κ2) is 3.17. The summed E-state index contributed by atoms with van der Waals surface area (Å²) in [4.78, 5) is 10.9. The van der Waals surface area contributed by atoms with Crippen LogP contribution in [0.1, 0.15) is 16.1 Å². The summed E-state index contributed by atoms with van der Waals surface area (Å²) >= 11 is 5.96. The molecule has 2 aromatic rings. The van der Waals surface area contributed by atoms with Gasteiger partial charge in [-0.05, 0) is 19.1 Å². The number of anilines is 1. The van der Waals surface area contributed by atoms with Crippen molar-refractivity contribution in [3.63, 3.8) is 0 Å². The number of carboxylic acids is 1. The smallest absolute Gasteiger partial charge is 0.339 e. The predicted molar refractivity (Wildman–Crippen MR) is 57.3 cm³/mol. The van der Waals surface area contributed by atoms with Crippen LogP contribution in [0.5, 0.6) is 0 Å². The maximum absolute atomic E-state index is 10.9. The first-order chi connectivity index (χ1) is 7.02. The Morgan fingerprint density at radius 1 is 1.53 bits per heavy atom. The van der Waals surface area contributed by atoms with Gasteiger partial charge < -0.3 is 15.3 Å². The summed E-state index contributed by atoms with van der Waals surface area (Å²) in [6.45, 7) is 1.66. The van der Waals surface area contributed by atoms with Gasteiger partial charge in [0.1, 0.15) is 11.3 Å². The number of hydrogen-bond donors (Lipinski definition) is 2. The third-order valence-corrected chi connectivity index (χ3v) is 2.66. The van der Waals surface area contributed by atoms with Gasteiger partial charge in [-0.25, -0.2) is 4.79 Å². The summed E-state index contributed by atoms with van der Waals surface area (Å²) in [5.41, 5.74) is 6.41. The van der Waals surface area contributed by atoms with Gasteiger partial charge in [0.15, 0.2) is 5.58 Å². The van der Waals surface area contributed by atoms with E-state index in [0.717, 1.165) is 0 Å². The van der Waals surface area contributed by atoms with Crippen LogP contribution in [-0.2, 0) is 0 Å². The average Bonchev–Trinajstić information content (AvgIpc) is 2.44. The molecule has 0 aliphatic rings. The molecule has 0 saturated carbocycles. The fraction of sp³-hybridized carbons (Fsp3) is 0.100. The second-order valence-corrected chi connectivity index (χ2v) is 3.56. The van der Waals surface area contributed by atoms with Crippen molar-refractivity contribution in [3.8, 4) is 0 Å². The van der Waals surface area contributed by atoms with Crippen molar-refractivity contribution in [2.45, 2.75) is 6.92 Å². The summed E-state index contributed by atoms with van der Waals surface area (Å²) in [6.07, 6.45) is 0. The highest BCUT2D eigenvalue weighted by Gasteiger charge is 2.18. The van der Waals surface area contributed by atoms with E-state index in [2.05, 4.69) is 0 Å². The lowest BCUT2D eigenvalue weighted by molar-refractivity contribution is 0.0698. The van der Waals surface area contributed by atoms with Gasteiger partial charge in [-0.3, -0.25) is 0 Å². The fourth-order valence-electron chi connectivity index (χ4n) is 1.47. The molecular weight excluding hydrogens is 218 g/mol. The Kier molecular flexibility index (Phi) is 2.08. The van der Waals surface area contributed by atoms with Gasteiger partial charge in [0, 0.05) is 5.69 Å². The molecule has 78 valence electrons. The second-order valence-electron chi connectivity index (χ2n) is 3.18. The largest absolute Gasteiger partial charge is 0.478 e. The SMILES string of the molecule is Cc1oc2c(C(=O)O)ccc(N)c2c1Cl. The Balaban J connectivity index is 2.95. The molecule has 1 aromatic heterocycles. The van der Waals surface area contributed by atoms with Crippen molar-refractivity contribution >= 4 is 34.2 Å². The van der Waals surface area contributed by atoms with E-state index in [1.165, 1.54) is 12.1 Å². The Labute approximate surface area is 90.2 Å². The number of nitrogen functional groups attached to an aromatic ring is 1.